The van der Waals surface area contributed by atoms with E-state index in [9.17, 15) is 13.2 Å². The van der Waals surface area contributed by atoms with Gasteiger partial charge in [0.15, 0.2) is 0 Å². The number of ether oxygens (including phenoxy) is 1. The molecule has 1 heterocycles. The Bertz CT molecular complexity index is 525. The Morgan fingerprint density at radius 2 is 1.52 bits per heavy atom. The fourth-order valence-corrected chi connectivity index (χ4v) is 2.02. The summed E-state index contributed by atoms with van der Waals surface area (Å²) in [5, 5.41) is 0. The summed E-state index contributed by atoms with van der Waals surface area (Å²) in [7, 11) is 0.468. The highest BCUT2D eigenvalue weighted by molar-refractivity contribution is 6.62. The molecule has 0 bridgehead atoms. The maximum atomic E-state index is 12.9. The van der Waals surface area contributed by atoms with Crippen molar-refractivity contribution in [2.75, 3.05) is 7.11 Å². The van der Waals surface area contributed by atoms with Gasteiger partial charge < -0.3 is 14.0 Å². The lowest BCUT2D eigenvalue weighted by Gasteiger charge is -2.32. The van der Waals surface area contributed by atoms with E-state index in [4.69, 9.17) is 14.0 Å². The second-order valence-corrected chi connectivity index (χ2v) is 6.08. The Morgan fingerprint density at radius 3 is 1.95 bits per heavy atom. The lowest BCUT2D eigenvalue weighted by Crippen LogP contribution is -2.41. The van der Waals surface area contributed by atoms with Gasteiger partial charge in [0.1, 0.15) is 5.75 Å². The molecule has 1 aromatic carbocycles. The molecule has 2 rings (SSSR count). The van der Waals surface area contributed by atoms with Crippen molar-refractivity contribution in [3.63, 3.8) is 0 Å². The molecule has 1 aliphatic heterocycles. The number of hydrogen-bond acceptors (Lipinski definition) is 3. The van der Waals surface area contributed by atoms with Crippen molar-refractivity contribution >= 4 is 12.6 Å². The van der Waals surface area contributed by atoms with Gasteiger partial charge in [0, 0.05) is 0 Å². The molecule has 1 fully saturated rings. The van der Waals surface area contributed by atoms with Crippen LogP contribution < -0.4 is 10.2 Å². The van der Waals surface area contributed by atoms with E-state index in [-0.39, 0.29) is 5.75 Å². The molecule has 0 unspecified atom stereocenters. The van der Waals surface area contributed by atoms with E-state index in [1.54, 1.807) is 0 Å². The molecule has 0 spiro atoms. The van der Waals surface area contributed by atoms with E-state index in [2.05, 4.69) is 0 Å². The second kappa shape index (κ2) is 4.92. The number of alkyl halides is 3. The highest BCUT2D eigenvalue weighted by Gasteiger charge is 2.52. The van der Waals surface area contributed by atoms with Crippen LogP contribution in [0.4, 0.5) is 13.2 Å². The van der Waals surface area contributed by atoms with Crippen molar-refractivity contribution in [2.45, 2.75) is 45.1 Å². The molecule has 0 aromatic heterocycles. The summed E-state index contributed by atoms with van der Waals surface area (Å²) < 4.78 is 55.3. The molecule has 0 amide bonds. The molecule has 3 nitrogen and oxygen atoms in total. The summed E-state index contributed by atoms with van der Waals surface area (Å²) in [6.45, 7) is 7.38. The first-order valence-electron chi connectivity index (χ1n) is 6.58. The van der Waals surface area contributed by atoms with E-state index in [1.807, 2.05) is 27.7 Å². The van der Waals surface area contributed by atoms with Gasteiger partial charge >= 0.3 is 13.3 Å². The molecule has 0 aliphatic carbocycles. The largest absolute Gasteiger partial charge is 0.497 e. The minimum absolute atomic E-state index is 0.120. The van der Waals surface area contributed by atoms with Crippen LogP contribution in [0.25, 0.3) is 0 Å². The van der Waals surface area contributed by atoms with Gasteiger partial charge in [-0.3, -0.25) is 0 Å². The summed E-state index contributed by atoms with van der Waals surface area (Å²) in [6.07, 6.45) is -4.45. The second-order valence-electron chi connectivity index (χ2n) is 6.08. The van der Waals surface area contributed by atoms with Crippen LogP contribution in [0.3, 0.4) is 0 Å². The third kappa shape index (κ3) is 3.03. The van der Waals surface area contributed by atoms with E-state index in [1.165, 1.54) is 13.2 Å². The molecular formula is C14H18BF3O3. The van der Waals surface area contributed by atoms with Crippen molar-refractivity contribution in [3.8, 4) is 5.75 Å². The fourth-order valence-electron chi connectivity index (χ4n) is 2.02. The molecule has 0 atom stereocenters. The van der Waals surface area contributed by atoms with Crippen LogP contribution in [-0.4, -0.2) is 25.4 Å². The number of hydrogen-bond donors (Lipinski definition) is 0. The van der Waals surface area contributed by atoms with Crippen molar-refractivity contribution < 1.29 is 27.2 Å². The third-order valence-corrected chi connectivity index (χ3v) is 4.02. The SMILES string of the molecule is COc1cc(B2OC(C)(C)C(C)(C)O2)cc(C(F)(F)F)c1. The summed E-state index contributed by atoms with van der Waals surface area (Å²) >= 11 is 0. The molecule has 116 valence electrons. The summed E-state index contributed by atoms with van der Waals surface area (Å²) in [5.74, 6) is 0.120. The Balaban J connectivity index is 2.42. The summed E-state index contributed by atoms with van der Waals surface area (Å²) in [4.78, 5) is 0. The maximum Gasteiger partial charge on any atom is 0.494 e. The van der Waals surface area contributed by atoms with Crippen LogP contribution >= 0.6 is 0 Å². The molecule has 0 N–H and O–H groups in total. The Kier molecular flexibility index (Phi) is 3.79. The van der Waals surface area contributed by atoms with E-state index < -0.39 is 30.1 Å². The molecule has 1 aromatic rings. The molecule has 1 saturated heterocycles. The molecule has 0 saturated carbocycles. The average Bonchev–Trinajstić information content (AvgIpc) is 2.57. The first-order chi connectivity index (χ1) is 9.46. The molecular weight excluding hydrogens is 284 g/mol. The zero-order chi connectivity index (χ0) is 16.1. The number of rotatable bonds is 2. The molecule has 21 heavy (non-hydrogen) atoms. The smallest absolute Gasteiger partial charge is 0.494 e. The zero-order valence-corrected chi connectivity index (χ0v) is 12.7. The van der Waals surface area contributed by atoms with E-state index >= 15 is 0 Å². The van der Waals surface area contributed by atoms with Gasteiger partial charge in [0.05, 0.1) is 23.9 Å². The van der Waals surface area contributed by atoms with Crippen LogP contribution in [0.5, 0.6) is 5.75 Å². The lowest BCUT2D eigenvalue weighted by molar-refractivity contribution is -0.137. The third-order valence-electron chi connectivity index (χ3n) is 4.02. The number of benzene rings is 1. The first kappa shape index (κ1) is 16.2. The standard InChI is InChI=1S/C14H18BF3O3/c1-12(2)13(3,4)21-15(20-12)10-6-9(14(16,17)18)7-11(8-10)19-5/h6-8H,1-5H3. The Hall–Kier alpha value is -1.21. The van der Waals surface area contributed by atoms with Crippen molar-refractivity contribution in [1.29, 1.82) is 0 Å². The van der Waals surface area contributed by atoms with Crippen LogP contribution in [0.2, 0.25) is 0 Å². The predicted molar refractivity (Wildman–Crippen MR) is 73.7 cm³/mol. The van der Waals surface area contributed by atoms with Crippen LogP contribution in [0, 0.1) is 0 Å². The topological polar surface area (TPSA) is 27.7 Å². The maximum absolute atomic E-state index is 12.9. The van der Waals surface area contributed by atoms with Gasteiger partial charge in [-0.2, -0.15) is 13.2 Å². The monoisotopic (exact) mass is 302 g/mol. The molecule has 0 radical (unpaired) electrons. The van der Waals surface area contributed by atoms with Gasteiger partial charge in [0.2, 0.25) is 0 Å². The minimum Gasteiger partial charge on any atom is -0.497 e. The van der Waals surface area contributed by atoms with Crippen LogP contribution in [0.1, 0.15) is 33.3 Å². The Labute approximate surface area is 122 Å². The number of halogens is 3. The highest BCUT2D eigenvalue weighted by Crippen LogP contribution is 2.37. The average molecular weight is 302 g/mol. The van der Waals surface area contributed by atoms with Gasteiger partial charge in [-0.1, -0.05) is 0 Å². The minimum atomic E-state index is -4.45. The van der Waals surface area contributed by atoms with E-state index in [0.29, 0.717) is 5.46 Å². The Morgan fingerprint density at radius 1 is 1.00 bits per heavy atom. The van der Waals surface area contributed by atoms with Crippen molar-refractivity contribution in [1.82, 2.24) is 0 Å². The quantitative estimate of drug-likeness (QED) is 0.786. The first-order valence-corrected chi connectivity index (χ1v) is 6.58. The van der Waals surface area contributed by atoms with Crippen LogP contribution in [0.15, 0.2) is 18.2 Å². The predicted octanol–water partition coefficient (Wildman–Crippen LogP) is 3.01. The van der Waals surface area contributed by atoms with Crippen LogP contribution in [-0.2, 0) is 15.5 Å². The zero-order valence-electron chi connectivity index (χ0n) is 12.7. The fraction of sp³-hybridized carbons (Fsp3) is 0.571. The lowest BCUT2D eigenvalue weighted by atomic mass is 9.78. The van der Waals surface area contributed by atoms with Gasteiger partial charge in [0.25, 0.3) is 0 Å². The van der Waals surface area contributed by atoms with Crippen molar-refractivity contribution in [3.05, 3.63) is 23.8 Å². The van der Waals surface area contributed by atoms with E-state index in [0.717, 1.165) is 12.1 Å². The number of methoxy groups -OCH3 is 1. The van der Waals surface area contributed by atoms with Crippen molar-refractivity contribution in [2.24, 2.45) is 0 Å². The summed E-state index contributed by atoms with van der Waals surface area (Å²) in [6, 6.07) is 3.48. The summed E-state index contributed by atoms with van der Waals surface area (Å²) in [5.41, 5.74) is -1.72. The molecule has 1 aliphatic rings. The molecule has 7 heteroatoms. The van der Waals surface area contributed by atoms with Gasteiger partial charge in [-0.25, -0.2) is 0 Å². The normalized spacial score (nSPS) is 20.7. The van der Waals surface area contributed by atoms with Gasteiger partial charge in [-0.15, -0.1) is 0 Å². The van der Waals surface area contributed by atoms with Gasteiger partial charge in [-0.05, 0) is 51.4 Å². The highest BCUT2D eigenvalue weighted by atomic mass is 19.4.